The molecule has 122 valence electrons. The number of thiazole rings is 1. The molecule has 1 heterocycles. The van der Waals surface area contributed by atoms with Crippen LogP contribution in [0.15, 0.2) is 48.5 Å². The Bertz CT molecular complexity index is 859. The molecule has 0 aliphatic carbocycles. The topological polar surface area (TPSA) is 71.1 Å². The molecule has 2 amide bonds. The lowest BCUT2D eigenvalue weighted by atomic mass is 10.2. The van der Waals surface area contributed by atoms with Gasteiger partial charge in [0.25, 0.3) is 5.91 Å². The SMILES string of the molecule is C[C@H](NC(=O)c1ccc(Cl)cc1)C(=O)Nc1nc2ccccc2s1. The molecule has 0 aliphatic rings. The number of hydrogen-bond donors (Lipinski definition) is 2. The van der Waals surface area contributed by atoms with E-state index in [1.807, 2.05) is 24.3 Å². The van der Waals surface area contributed by atoms with Crippen LogP contribution in [0.1, 0.15) is 17.3 Å². The number of halogens is 1. The van der Waals surface area contributed by atoms with Gasteiger partial charge in [0.1, 0.15) is 6.04 Å². The van der Waals surface area contributed by atoms with Crippen LogP contribution in [0.25, 0.3) is 10.2 Å². The maximum Gasteiger partial charge on any atom is 0.251 e. The zero-order chi connectivity index (χ0) is 17.1. The molecule has 7 heteroatoms. The monoisotopic (exact) mass is 359 g/mol. The fourth-order valence-electron chi connectivity index (χ4n) is 2.09. The van der Waals surface area contributed by atoms with Gasteiger partial charge >= 0.3 is 0 Å². The van der Waals surface area contributed by atoms with Gasteiger partial charge in [-0.05, 0) is 43.3 Å². The van der Waals surface area contributed by atoms with Crippen LogP contribution in [0.2, 0.25) is 5.02 Å². The third kappa shape index (κ3) is 3.72. The van der Waals surface area contributed by atoms with Gasteiger partial charge in [0.05, 0.1) is 10.2 Å². The van der Waals surface area contributed by atoms with Crippen molar-refractivity contribution in [2.24, 2.45) is 0 Å². The number of carbonyl (C=O) groups is 2. The van der Waals surface area contributed by atoms with E-state index in [-0.39, 0.29) is 11.8 Å². The average Bonchev–Trinajstić information content (AvgIpc) is 2.97. The van der Waals surface area contributed by atoms with Crippen LogP contribution in [0.5, 0.6) is 0 Å². The lowest BCUT2D eigenvalue weighted by Gasteiger charge is -2.13. The molecule has 2 aromatic carbocycles. The Labute approximate surface area is 147 Å². The smallest absolute Gasteiger partial charge is 0.251 e. The standard InChI is InChI=1S/C17H14ClN3O2S/c1-10(19-16(23)11-6-8-12(18)9-7-11)15(22)21-17-20-13-4-2-3-5-14(13)24-17/h2-10H,1H3,(H,19,23)(H,20,21,22)/t10-/m0/s1. The number of carbonyl (C=O) groups excluding carboxylic acids is 2. The van der Waals surface area contributed by atoms with Crippen molar-refractivity contribution in [1.82, 2.24) is 10.3 Å². The zero-order valence-corrected chi connectivity index (χ0v) is 14.3. The van der Waals surface area contributed by atoms with Crippen molar-refractivity contribution in [2.75, 3.05) is 5.32 Å². The summed E-state index contributed by atoms with van der Waals surface area (Å²) in [6.07, 6.45) is 0. The third-order valence-electron chi connectivity index (χ3n) is 3.37. The lowest BCUT2D eigenvalue weighted by molar-refractivity contribution is -0.117. The summed E-state index contributed by atoms with van der Waals surface area (Å²) in [6, 6.07) is 13.4. The van der Waals surface area contributed by atoms with Crippen LogP contribution in [0.4, 0.5) is 5.13 Å². The number of benzene rings is 2. The van der Waals surface area contributed by atoms with E-state index in [0.717, 1.165) is 10.2 Å². The van der Waals surface area contributed by atoms with Gasteiger partial charge in [-0.2, -0.15) is 0 Å². The molecule has 0 spiro atoms. The van der Waals surface area contributed by atoms with Crippen LogP contribution in [-0.2, 0) is 4.79 Å². The number of hydrogen-bond acceptors (Lipinski definition) is 4. The molecule has 1 atom stereocenters. The highest BCUT2D eigenvalue weighted by Crippen LogP contribution is 2.25. The number of nitrogens with zero attached hydrogens (tertiary/aromatic N) is 1. The van der Waals surface area contributed by atoms with E-state index in [1.165, 1.54) is 11.3 Å². The van der Waals surface area contributed by atoms with Crippen molar-refractivity contribution >= 4 is 50.1 Å². The Morgan fingerprint density at radius 1 is 1.12 bits per heavy atom. The Hall–Kier alpha value is -2.44. The Morgan fingerprint density at radius 2 is 1.83 bits per heavy atom. The minimum absolute atomic E-state index is 0.323. The molecule has 0 saturated carbocycles. The van der Waals surface area contributed by atoms with Crippen LogP contribution in [0, 0.1) is 0 Å². The first-order chi connectivity index (χ1) is 11.5. The predicted octanol–water partition coefficient (Wildman–Crippen LogP) is 3.71. The summed E-state index contributed by atoms with van der Waals surface area (Å²) in [6.45, 7) is 1.62. The summed E-state index contributed by atoms with van der Waals surface area (Å²) < 4.78 is 0.991. The van der Waals surface area contributed by atoms with Crippen LogP contribution in [0.3, 0.4) is 0 Å². The Morgan fingerprint density at radius 3 is 2.54 bits per heavy atom. The molecule has 1 aromatic heterocycles. The molecular formula is C17H14ClN3O2S. The molecule has 5 nitrogen and oxygen atoms in total. The number of para-hydroxylation sites is 1. The maximum absolute atomic E-state index is 12.2. The molecule has 2 N–H and O–H groups in total. The summed E-state index contributed by atoms with van der Waals surface area (Å²) >= 11 is 7.18. The second-order valence-corrected chi connectivity index (χ2v) is 6.65. The van der Waals surface area contributed by atoms with Crippen LogP contribution < -0.4 is 10.6 Å². The number of nitrogens with one attached hydrogen (secondary N) is 2. The van der Waals surface area contributed by atoms with Crippen molar-refractivity contribution in [3.05, 3.63) is 59.1 Å². The van der Waals surface area contributed by atoms with Crippen molar-refractivity contribution in [3.8, 4) is 0 Å². The first-order valence-electron chi connectivity index (χ1n) is 7.26. The minimum atomic E-state index is -0.694. The van der Waals surface area contributed by atoms with E-state index in [9.17, 15) is 9.59 Å². The van der Waals surface area contributed by atoms with E-state index in [4.69, 9.17) is 11.6 Å². The van der Waals surface area contributed by atoms with E-state index in [2.05, 4.69) is 15.6 Å². The molecule has 0 unspecified atom stereocenters. The second kappa shape index (κ2) is 6.98. The fourth-order valence-corrected chi connectivity index (χ4v) is 3.08. The van der Waals surface area contributed by atoms with Gasteiger partial charge in [0, 0.05) is 10.6 Å². The van der Waals surface area contributed by atoms with Gasteiger partial charge in [0.2, 0.25) is 5.91 Å². The summed E-state index contributed by atoms with van der Waals surface area (Å²) in [4.78, 5) is 28.7. The first-order valence-corrected chi connectivity index (χ1v) is 8.45. The molecule has 3 aromatic rings. The molecule has 0 bridgehead atoms. The largest absolute Gasteiger partial charge is 0.341 e. The van der Waals surface area contributed by atoms with E-state index >= 15 is 0 Å². The molecule has 0 saturated heterocycles. The molecule has 0 aliphatic heterocycles. The van der Waals surface area contributed by atoms with Crippen LogP contribution >= 0.6 is 22.9 Å². The van der Waals surface area contributed by atoms with Crippen molar-refractivity contribution in [2.45, 2.75) is 13.0 Å². The van der Waals surface area contributed by atoms with E-state index in [0.29, 0.717) is 15.7 Å². The number of aromatic nitrogens is 1. The van der Waals surface area contributed by atoms with Gasteiger partial charge < -0.3 is 10.6 Å². The van der Waals surface area contributed by atoms with E-state index in [1.54, 1.807) is 31.2 Å². The van der Waals surface area contributed by atoms with Gasteiger partial charge in [-0.1, -0.05) is 35.1 Å². The molecule has 24 heavy (non-hydrogen) atoms. The van der Waals surface area contributed by atoms with Gasteiger partial charge in [-0.25, -0.2) is 4.98 Å². The first kappa shape index (κ1) is 16.4. The average molecular weight is 360 g/mol. The summed E-state index contributed by atoms with van der Waals surface area (Å²) in [5.74, 6) is -0.657. The summed E-state index contributed by atoms with van der Waals surface area (Å²) in [5.41, 5.74) is 1.27. The predicted molar refractivity (Wildman–Crippen MR) is 96.6 cm³/mol. The summed E-state index contributed by atoms with van der Waals surface area (Å²) in [5, 5.41) is 6.44. The molecular weight excluding hydrogens is 346 g/mol. The number of anilines is 1. The molecule has 0 radical (unpaired) electrons. The van der Waals surface area contributed by atoms with Crippen molar-refractivity contribution < 1.29 is 9.59 Å². The third-order valence-corrected chi connectivity index (χ3v) is 4.58. The van der Waals surface area contributed by atoms with Crippen LogP contribution in [-0.4, -0.2) is 22.8 Å². The minimum Gasteiger partial charge on any atom is -0.341 e. The highest BCUT2D eigenvalue weighted by Gasteiger charge is 2.18. The lowest BCUT2D eigenvalue weighted by Crippen LogP contribution is -2.41. The fraction of sp³-hybridized carbons (Fsp3) is 0.118. The number of fused-ring (bicyclic) bond motifs is 1. The van der Waals surface area contributed by atoms with Crippen molar-refractivity contribution in [1.29, 1.82) is 0 Å². The normalized spacial score (nSPS) is 11.9. The highest BCUT2D eigenvalue weighted by atomic mass is 35.5. The second-order valence-electron chi connectivity index (χ2n) is 5.18. The molecule has 0 fully saturated rings. The molecule has 3 rings (SSSR count). The quantitative estimate of drug-likeness (QED) is 0.746. The number of rotatable bonds is 4. The van der Waals surface area contributed by atoms with Gasteiger partial charge in [-0.3, -0.25) is 9.59 Å². The van der Waals surface area contributed by atoms with Crippen molar-refractivity contribution in [3.63, 3.8) is 0 Å². The highest BCUT2D eigenvalue weighted by molar-refractivity contribution is 7.22. The maximum atomic E-state index is 12.2. The zero-order valence-electron chi connectivity index (χ0n) is 12.7. The van der Waals surface area contributed by atoms with Gasteiger partial charge in [-0.15, -0.1) is 0 Å². The summed E-state index contributed by atoms with van der Waals surface area (Å²) in [7, 11) is 0. The van der Waals surface area contributed by atoms with Gasteiger partial charge in [0.15, 0.2) is 5.13 Å². The Balaban J connectivity index is 1.63. The Kier molecular flexibility index (Phi) is 4.78. The number of amides is 2. The van der Waals surface area contributed by atoms with E-state index < -0.39 is 6.04 Å².